The molecule has 1 aliphatic carbocycles. The highest BCUT2D eigenvalue weighted by Crippen LogP contribution is 2.44. The summed E-state index contributed by atoms with van der Waals surface area (Å²) in [5, 5.41) is 4.11. The minimum absolute atomic E-state index is 0.0368. The smallest absolute Gasteiger partial charge is 0.407 e. The van der Waals surface area contributed by atoms with Gasteiger partial charge in [0.1, 0.15) is 12.4 Å². The van der Waals surface area contributed by atoms with Gasteiger partial charge in [0, 0.05) is 35.2 Å². The van der Waals surface area contributed by atoms with Crippen LogP contribution in [-0.4, -0.2) is 19.2 Å². The molecule has 0 aromatic heterocycles. The van der Waals surface area contributed by atoms with Crippen LogP contribution in [0.5, 0.6) is 0 Å². The van der Waals surface area contributed by atoms with Crippen LogP contribution in [0, 0.1) is 17.7 Å². The zero-order valence-electron chi connectivity index (χ0n) is 18.0. The number of carbonyl (C=O) groups excluding carboxylic acids is 1. The zero-order chi connectivity index (χ0) is 22.6. The molecule has 0 saturated carbocycles. The van der Waals surface area contributed by atoms with Crippen LogP contribution < -0.4 is 5.32 Å². The van der Waals surface area contributed by atoms with Gasteiger partial charge >= 0.3 is 6.09 Å². The molecule has 162 valence electrons. The van der Waals surface area contributed by atoms with Crippen LogP contribution in [-0.2, 0) is 4.74 Å². The molecule has 0 fully saturated rings. The average Bonchev–Trinajstić information content (AvgIpc) is 3.18. The van der Waals surface area contributed by atoms with E-state index in [-0.39, 0.29) is 18.3 Å². The molecule has 0 spiro atoms. The van der Waals surface area contributed by atoms with E-state index in [0.29, 0.717) is 18.4 Å². The first-order valence-corrected chi connectivity index (χ1v) is 11.0. The van der Waals surface area contributed by atoms with Crippen LogP contribution in [0.2, 0.25) is 0 Å². The Morgan fingerprint density at radius 1 is 0.848 bits per heavy atom. The summed E-state index contributed by atoms with van der Waals surface area (Å²) in [6.45, 7) is 0.663. The maximum absolute atomic E-state index is 13.9. The molecule has 1 N–H and O–H groups in total. The summed E-state index contributed by atoms with van der Waals surface area (Å²) in [4.78, 5) is 12.2. The van der Waals surface area contributed by atoms with Crippen LogP contribution in [0.3, 0.4) is 0 Å². The molecule has 5 rings (SSSR count). The topological polar surface area (TPSA) is 38.3 Å². The third-order valence-corrected chi connectivity index (χ3v) is 5.96. The zero-order valence-corrected chi connectivity index (χ0v) is 18.0. The molecule has 3 nitrogen and oxygen atoms in total. The molecule has 0 heterocycles. The minimum atomic E-state index is -0.453. The van der Waals surface area contributed by atoms with Crippen molar-refractivity contribution in [2.75, 3.05) is 13.2 Å². The second kappa shape index (κ2) is 9.18. The van der Waals surface area contributed by atoms with Gasteiger partial charge in [-0.3, -0.25) is 0 Å². The van der Waals surface area contributed by atoms with Gasteiger partial charge in [-0.1, -0.05) is 84.6 Å². The second-order valence-corrected chi connectivity index (χ2v) is 7.94. The van der Waals surface area contributed by atoms with E-state index in [1.54, 1.807) is 18.2 Å². The first kappa shape index (κ1) is 20.8. The summed E-state index contributed by atoms with van der Waals surface area (Å²) < 4.78 is 19.5. The molecule has 0 atom stereocenters. The molecule has 0 saturated heterocycles. The number of fused-ring (bicyclic) bond motifs is 4. The molecule has 0 radical (unpaired) electrons. The van der Waals surface area contributed by atoms with Gasteiger partial charge < -0.3 is 10.1 Å². The summed E-state index contributed by atoms with van der Waals surface area (Å²) in [6.07, 6.45) is 0.0153. The van der Waals surface area contributed by atoms with Gasteiger partial charge in [0.2, 0.25) is 0 Å². The van der Waals surface area contributed by atoms with Crippen molar-refractivity contribution in [1.82, 2.24) is 5.32 Å². The van der Waals surface area contributed by atoms with Crippen LogP contribution in [0.25, 0.3) is 21.9 Å². The molecule has 0 unspecified atom stereocenters. The maximum atomic E-state index is 13.9. The standard InChI is InChI=1S/C29H22FNO2/c30-28-17-16-20(21-10-1-6-15-26(21)28)9-7-8-18-31-29(32)33-19-27-24-13-4-2-11-22(24)23-12-3-5-14-25(23)27/h1-6,10-17,27H,8,18-19H2,(H,31,32). The number of carbonyl (C=O) groups is 1. The number of amides is 1. The third-order valence-electron chi connectivity index (χ3n) is 5.96. The molecule has 33 heavy (non-hydrogen) atoms. The van der Waals surface area contributed by atoms with E-state index >= 15 is 0 Å². The van der Waals surface area contributed by atoms with Crippen molar-refractivity contribution in [3.63, 3.8) is 0 Å². The summed E-state index contributed by atoms with van der Waals surface area (Å²) in [5.41, 5.74) is 5.54. The molecular weight excluding hydrogens is 413 g/mol. The molecule has 0 aliphatic heterocycles. The fraction of sp³-hybridized carbons (Fsp3) is 0.138. The van der Waals surface area contributed by atoms with E-state index < -0.39 is 6.09 Å². The van der Waals surface area contributed by atoms with Crippen LogP contribution in [0.4, 0.5) is 9.18 Å². The van der Waals surface area contributed by atoms with Gasteiger partial charge in [-0.25, -0.2) is 9.18 Å². The quantitative estimate of drug-likeness (QED) is 0.304. The molecule has 1 aliphatic rings. The van der Waals surface area contributed by atoms with E-state index in [1.165, 1.54) is 28.3 Å². The lowest BCUT2D eigenvalue weighted by Crippen LogP contribution is -2.26. The number of hydrogen-bond acceptors (Lipinski definition) is 2. The largest absolute Gasteiger partial charge is 0.449 e. The lowest BCUT2D eigenvalue weighted by molar-refractivity contribution is 0.143. The second-order valence-electron chi connectivity index (χ2n) is 7.94. The molecule has 4 heteroatoms. The van der Waals surface area contributed by atoms with Crippen LogP contribution in [0.1, 0.15) is 29.0 Å². The molecular formula is C29H22FNO2. The summed E-state index contributed by atoms with van der Waals surface area (Å²) in [7, 11) is 0. The van der Waals surface area contributed by atoms with Gasteiger partial charge in [0.25, 0.3) is 0 Å². The van der Waals surface area contributed by atoms with Crippen molar-refractivity contribution in [2.24, 2.45) is 0 Å². The van der Waals surface area contributed by atoms with E-state index in [9.17, 15) is 9.18 Å². The van der Waals surface area contributed by atoms with Gasteiger partial charge in [0.05, 0.1) is 0 Å². The number of nitrogens with one attached hydrogen (secondary N) is 1. The van der Waals surface area contributed by atoms with Crippen LogP contribution in [0.15, 0.2) is 84.9 Å². The highest BCUT2D eigenvalue weighted by atomic mass is 19.1. The fourth-order valence-electron chi connectivity index (χ4n) is 4.41. The van der Waals surface area contributed by atoms with E-state index in [2.05, 4.69) is 41.4 Å². The normalized spacial score (nSPS) is 11.9. The van der Waals surface area contributed by atoms with Crippen molar-refractivity contribution in [1.29, 1.82) is 0 Å². The first-order chi connectivity index (χ1) is 16.2. The molecule has 1 amide bonds. The Bertz CT molecular complexity index is 1350. The highest BCUT2D eigenvalue weighted by molar-refractivity contribution is 5.88. The lowest BCUT2D eigenvalue weighted by Gasteiger charge is -2.14. The van der Waals surface area contributed by atoms with E-state index in [1.807, 2.05) is 36.4 Å². The van der Waals surface area contributed by atoms with Gasteiger partial charge in [-0.15, -0.1) is 0 Å². The maximum Gasteiger partial charge on any atom is 0.407 e. The number of ether oxygens (including phenoxy) is 1. The Balaban J connectivity index is 1.16. The van der Waals surface area contributed by atoms with Crippen molar-refractivity contribution < 1.29 is 13.9 Å². The Kier molecular flexibility index (Phi) is 5.78. The van der Waals surface area contributed by atoms with E-state index in [0.717, 1.165) is 10.9 Å². The first-order valence-electron chi connectivity index (χ1n) is 11.0. The van der Waals surface area contributed by atoms with Crippen molar-refractivity contribution in [3.05, 3.63) is 107 Å². The number of alkyl carbamates (subject to hydrolysis) is 1. The average molecular weight is 435 g/mol. The Morgan fingerprint density at radius 3 is 2.21 bits per heavy atom. The summed E-state index contributed by atoms with van der Waals surface area (Å²) in [5.74, 6) is 5.91. The molecule has 4 aromatic rings. The third kappa shape index (κ3) is 4.18. The lowest BCUT2D eigenvalue weighted by atomic mass is 9.98. The van der Waals surface area contributed by atoms with Crippen molar-refractivity contribution in [2.45, 2.75) is 12.3 Å². The number of hydrogen-bond donors (Lipinski definition) is 1. The summed E-state index contributed by atoms with van der Waals surface area (Å²) in [6, 6.07) is 26.9. The molecule has 4 aromatic carbocycles. The molecule has 0 bridgehead atoms. The fourth-order valence-corrected chi connectivity index (χ4v) is 4.41. The van der Waals surface area contributed by atoms with E-state index in [4.69, 9.17) is 4.74 Å². The SMILES string of the molecule is O=C(NCCC#Cc1ccc(F)c2ccccc12)OCC1c2ccccc2-c2ccccc21. The number of benzene rings is 4. The van der Waals surface area contributed by atoms with Crippen molar-refractivity contribution in [3.8, 4) is 23.0 Å². The minimum Gasteiger partial charge on any atom is -0.449 e. The van der Waals surface area contributed by atoms with Gasteiger partial charge in [-0.05, 0) is 34.4 Å². The number of halogens is 1. The Labute approximate surface area is 192 Å². The predicted molar refractivity (Wildman–Crippen MR) is 128 cm³/mol. The van der Waals surface area contributed by atoms with Gasteiger partial charge in [-0.2, -0.15) is 0 Å². The monoisotopic (exact) mass is 435 g/mol. The van der Waals surface area contributed by atoms with Crippen LogP contribution >= 0.6 is 0 Å². The van der Waals surface area contributed by atoms with Crippen molar-refractivity contribution >= 4 is 16.9 Å². The highest BCUT2D eigenvalue weighted by Gasteiger charge is 2.28. The summed E-state index contributed by atoms with van der Waals surface area (Å²) >= 11 is 0. The Hall–Kier alpha value is -4.10. The Morgan fingerprint density at radius 2 is 1.48 bits per heavy atom. The number of rotatable bonds is 4. The van der Waals surface area contributed by atoms with Gasteiger partial charge in [0.15, 0.2) is 0 Å². The predicted octanol–water partition coefficient (Wildman–Crippen LogP) is 6.26.